The molecule has 6 nitrogen and oxygen atoms in total. The quantitative estimate of drug-likeness (QED) is 0.617. The Morgan fingerprint density at radius 1 is 1.41 bits per heavy atom. The molecule has 1 N–H and O–H groups in total. The first-order valence-electron chi connectivity index (χ1n) is 7.19. The monoisotopic (exact) mass is 304 g/mol. The summed E-state index contributed by atoms with van der Waals surface area (Å²) in [5.74, 6) is 0.333. The Morgan fingerprint density at radius 2 is 2.18 bits per heavy atom. The van der Waals surface area contributed by atoms with Crippen LogP contribution >= 0.6 is 0 Å². The van der Waals surface area contributed by atoms with Crippen LogP contribution in [-0.2, 0) is 14.3 Å². The Hall–Kier alpha value is -2.34. The molecule has 0 aliphatic carbocycles. The number of para-hydroxylation sites is 1. The van der Waals surface area contributed by atoms with Crippen molar-refractivity contribution in [1.82, 2.24) is 10.2 Å². The minimum Gasteiger partial charge on any atom is -0.492 e. The molecule has 0 spiro atoms. The highest BCUT2D eigenvalue weighted by Gasteiger charge is 2.27. The van der Waals surface area contributed by atoms with Crippen molar-refractivity contribution in [2.24, 2.45) is 0 Å². The van der Waals surface area contributed by atoms with Crippen molar-refractivity contribution < 1.29 is 19.1 Å². The number of benzene rings is 1. The Morgan fingerprint density at radius 3 is 2.91 bits per heavy atom. The lowest BCUT2D eigenvalue weighted by molar-refractivity contribution is -0.144. The van der Waals surface area contributed by atoms with Gasteiger partial charge in [-0.25, -0.2) is 0 Å². The second kappa shape index (κ2) is 8.19. The highest BCUT2D eigenvalue weighted by atomic mass is 16.5. The Kier molecular flexibility index (Phi) is 5.97. The van der Waals surface area contributed by atoms with Gasteiger partial charge in [-0.1, -0.05) is 24.8 Å². The fraction of sp³-hybridized carbons (Fsp3) is 0.375. The molecule has 1 heterocycles. The molecule has 1 aliphatic heterocycles. The van der Waals surface area contributed by atoms with Gasteiger partial charge in [-0.05, 0) is 18.2 Å². The molecule has 0 unspecified atom stereocenters. The first-order chi connectivity index (χ1) is 10.7. The van der Waals surface area contributed by atoms with E-state index in [1.807, 2.05) is 30.3 Å². The minimum atomic E-state index is -0.644. The second-order valence-corrected chi connectivity index (χ2v) is 4.80. The lowest BCUT2D eigenvalue weighted by Gasteiger charge is -2.31. The van der Waals surface area contributed by atoms with Crippen LogP contribution in [0.2, 0.25) is 0 Å². The molecule has 1 aromatic rings. The maximum absolute atomic E-state index is 12.0. The van der Waals surface area contributed by atoms with Crippen molar-refractivity contribution in [3.8, 4) is 5.75 Å². The fourth-order valence-corrected chi connectivity index (χ4v) is 2.11. The smallest absolute Gasteiger partial charge is 0.251 e. The third kappa shape index (κ3) is 4.60. The molecule has 0 radical (unpaired) electrons. The lowest BCUT2D eigenvalue weighted by Crippen LogP contribution is -2.51. The maximum atomic E-state index is 12.0. The summed E-state index contributed by atoms with van der Waals surface area (Å²) in [6.45, 7) is 5.27. The molecule has 1 saturated heterocycles. The zero-order valence-corrected chi connectivity index (χ0v) is 12.4. The second-order valence-electron chi connectivity index (χ2n) is 4.80. The predicted octanol–water partition coefficient (Wildman–Crippen LogP) is 0.595. The Bertz CT molecular complexity index is 518. The largest absolute Gasteiger partial charge is 0.492 e. The molecule has 1 aliphatic rings. The van der Waals surface area contributed by atoms with Crippen LogP contribution in [0.1, 0.15) is 0 Å². The third-order valence-corrected chi connectivity index (χ3v) is 3.26. The summed E-state index contributed by atoms with van der Waals surface area (Å²) in [7, 11) is 0. The summed E-state index contributed by atoms with van der Waals surface area (Å²) in [6, 6.07) is 9.38. The molecule has 0 aromatic heterocycles. The minimum absolute atomic E-state index is 0.187. The molecular formula is C16H20N2O4. The van der Waals surface area contributed by atoms with Crippen molar-refractivity contribution in [2.75, 3.05) is 32.8 Å². The molecule has 2 rings (SSSR count). The molecule has 1 atom stereocenters. The topological polar surface area (TPSA) is 67.9 Å². The molecule has 0 saturated carbocycles. The molecule has 118 valence electrons. The van der Waals surface area contributed by atoms with E-state index in [1.54, 1.807) is 4.90 Å². The number of hydrogen-bond donors (Lipinski definition) is 1. The lowest BCUT2D eigenvalue weighted by atomic mass is 10.2. The third-order valence-electron chi connectivity index (χ3n) is 3.26. The van der Waals surface area contributed by atoms with Gasteiger partial charge in [0.15, 0.2) is 6.10 Å². The molecule has 1 fully saturated rings. The molecule has 22 heavy (non-hydrogen) atoms. The van der Waals surface area contributed by atoms with Crippen molar-refractivity contribution in [3.63, 3.8) is 0 Å². The van der Waals surface area contributed by atoms with Gasteiger partial charge in [0.1, 0.15) is 12.4 Å². The first kappa shape index (κ1) is 16.0. The summed E-state index contributed by atoms with van der Waals surface area (Å²) in [5, 5.41) is 2.75. The highest BCUT2D eigenvalue weighted by molar-refractivity contribution is 5.88. The van der Waals surface area contributed by atoms with Gasteiger partial charge in [-0.2, -0.15) is 0 Å². The van der Waals surface area contributed by atoms with Crippen LogP contribution in [0.15, 0.2) is 43.0 Å². The van der Waals surface area contributed by atoms with Crippen LogP contribution in [0.4, 0.5) is 0 Å². The molecule has 2 amide bonds. The number of amides is 2. The Balaban J connectivity index is 1.70. The normalized spacial score (nSPS) is 17.6. The van der Waals surface area contributed by atoms with Crippen LogP contribution in [0.3, 0.4) is 0 Å². The van der Waals surface area contributed by atoms with Gasteiger partial charge in [0.25, 0.3) is 5.91 Å². The van der Waals surface area contributed by atoms with E-state index in [0.717, 1.165) is 5.75 Å². The van der Waals surface area contributed by atoms with Crippen LogP contribution in [0.25, 0.3) is 0 Å². The van der Waals surface area contributed by atoms with E-state index in [4.69, 9.17) is 9.47 Å². The van der Waals surface area contributed by atoms with Crippen LogP contribution in [0, 0.1) is 0 Å². The van der Waals surface area contributed by atoms with Gasteiger partial charge in [0.05, 0.1) is 19.7 Å². The number of hydrogen-bond acceptors (Lipinski definition) is 4. The predicted molar refractivity (Wildman–Crippen MR) is 81.5 cm³/mol. The SMILES string of the molecule is C=CC(=O)N1CCO[C@@H](C(=O)NCCOc2ccccc2)C1. The summed E-state index contributed by atoms with van der Waals surface area (Å²) < 4.78 is 10.9. The first-order valence-corrected chi connectivity index (χ1v) is 7.19. The molecular weight excluding hydrogens is 284 g/mol. The van der Waals surface area contributed by atoms with Gasteiger partial charge < -0.3 is 19.7 Å². The molecule has 0 bridgehead atoms. The summed E-state index contributed by atoms with van der Waals surface area (Å²) in [4.78, 5) is 25.1. The van der Waals surface area contributed by atoms with E-state index >= 15 is 0 Å². The number of ether oxygens (including phenoxy) is 2. The molecule has 6 heteroatoms. The van der Waals surface area contributed by atoms with E-state index < -0.39 is 6.10 Å². The maximum Gasteiger partial charge on any atom is 0.251 e. The van der Waals surface area contributed by atoms with Gasteiger partial charge in [0.2, 0.25) is 5.91 Å². The van der Waals surface area contributed by atoms with E-state index in [-0.39, 0.29) is 18.4 Å². The number of carbonyl (C=O) groups is 2. The van der Waals surface area contributed by atoms with Crippen LogP contribution in [-0.4, -0.2) is 55.7 Å². The fourth-order valence-electron chi connectivity index (χ4n) is 2.11. The van der Waals surface area contributed by atoms with Gasteiger partial charge in [-0.3, -0.25) is 9.59 Å². The number of carbonyl (C=O) groups excluding carboxylic acids is 2. The zero-order valence-electron chi connectivity index (χ0n) is 12.4. The van der Waals surface area contributed by atoms with Gasteiger partial charge in [-0.15, -0.1) is 0 Å². The highest BCUT2D eigenvalue weighted by Crippen LogP contribution is 2.08. The summed E-state index contributed by atoms with van der Waals surface area (Å²) in [6.07, 6.45) is 0.600. The number of nitrogens with zero attached hydrogens (tertiary/aromatic N) is 1. The van der Waals surface area contributed by atoms with E-state index in [0.29, 0.717) is 26.3 Å². The van der Waals surface area contributed by atoms with Crippen molar-refractivity contribution in [2.45, 2.75) is 6.10 Å². The van der Waals surface area contributed by atoms with E-state index in [2.05, 4.69) is 11.9 Å². The van der Waals surface area contributed by atoms with E-state index in [9.17, 15) is 9.59 Å². The summed E-state index contributed by atoms with van der Waals surface area (Å²) in [5.41, 5.74) is 0. The molecule has 1 aromatic carbocycles. The summed E-state index contributed by atoms with van der Waals surface area (Å²) >= 11 is 0. The van der Waals surface area contributed by atoms with Crippen LogP contribution < -0.4 is 10.1 Å². The number of nitrogens with one attached hydrogen (secondary N) is 1. The zero-order chi connectivity index (χ0) is 15.8. The van der Waals surface area contributed by atoms with Gasteiger partial charge >= 0.3 is 0 Å². The van der Waals surface area contributed by atoms with E-state index in [1.165, 1.54) is 6.08 Å². The standard InChI is InChI=1S/C16H20N2O4/c1-2-15(19)18-9-11-22-14(12-18)16(20)17-8-10-21-13-6-4-3-5-7-13/h2-7,14H,1,8-12H2,(H,17,20)/t14-/m1/s1. The van der Waals surface area contributed by atoms with Gasteiger partial charge in [0, 0.05) is 6.54 Å². The Labute approximate surface area is 129 Å². The van der Waals surface area contributed by atoms with Crippen LogP contribution in [0.5, 0.6) is 5.75 Å². The average molecular weight is 304 g/mol. The number of morpholine rings is 1. The van der Waals surface area contributed by atoms with Crippen molar-refractivity contribution in [3.05, 3.63) is 43.0 Å². The average Bonchev–Trinajstić information content (AvgIpc) is 2.59. The van der Waals surface area contributed by atoms with Crippen molar-refractivity contribution >= 4 is 11.8 Å². The number of rotatable bonds is 6. The van der Waals surface area contributed by atoms with Crippen molar-refractivity contribution in [1.29, 1.82) is 0 Å².